The summed E-state index contributed by atoms with van der Waals surface area (Å²) >= 11 is 11.6. The van der Waals surface area contributed by atoms with Crippen LogP contribution < -0.4 is 9.46 Å². The Balaban J connectivity index is 1.95. The lowest BCUT2D eigenvalue weighted by atomic mass is 10.2. The largest absolute Gasteiger partial charge is 0.435 e. The molecular weight excluding hydrogens is 383 g/mol. The van der Waals surface area contributed by atoms with Crippen molar-refractivity contribution in [2.45, 2.75) is 18.9 Å². The van der Waals surface area contributed by atoms with Crippen LogP contribution in [0.15, 0.2) is 42.5 Å². The summed E-state index contributed by atoms with van der Waals surface area (Å²) in [6.07, 6.45) is 0. The molecule has 0 saturated heterocycles. The first kappa shape index (κ1) is 18.9. The molecule has 24 heavy (non-hydrogen) atoms. The molecule has 0 fully saturated rings. The summed E-state index contributed by atoms with van der Waals surface area (Å²) in [7, 11) is -3.59. The topological polar surface area (TPSA) is 55.4 Å². The maximum atomic E-state index is 12.1. The fourth-order valence-electron chi connectivity index (χ4n) is 1.88. The number of nitrogens with one attached hydrogen (secondary N) is 1. The van der Waals surface area contributed by atoms with E-state index >= 15 is 0 Å². The molecule has 0 bridgehead atoms. The maximum absolute atomic E-state index is 12.1. The Kier molecular flexibility index (Phi) is 6.40. The number of rotatable bonds is 7. The lowest BCUT2D eigenvalue weighted by molar-refractivity contribution is -0.0498. The molecule has 0 radical (unpaired) electrons. The second-order valence-corrected chi connectivity index (χ2v) is 7.47. The average Bonchev–Trinajstić information content (AvgIpc) is 2.49. The quantitative estimate of drug-likeness (QED) is 0.763. The summed E-state index contributed by atoms with van der Waals surface area (Å²) in [5.74, 6) is -0.247. The van der Waals surface area contributed by atoms with Crippen LogP contribution in [0, 0.1) is 0 Å². The molecule has 0 amide bonds. The first-order valence-electron chi connectivity index (χ1n) is 6.70. The predicted octanol–water partition coefficient (Wildman–Crippen LogP) is 4.21. The van der Waals surface area contributed by atoms with Crippen LogP contribution in [-0.2, 0) is 22.3 Å². The SMILES string of the molecule is O=S(=O)(Cc1ccc(Cl)c(Cl)c1)NCc1ccc(OC(F)F)cc1. The van der Waals surface area contributed by atoms with Gasteiger partial charge in [-0.15, -0.1) is 0 Å². The van der Waals surface area contributed by atoms with Gasteiger partial charge < -0.3 is 4.74 Å². The van der Waals surface area contributed by atoms with Crippen LogP contribution in [0.2, 0.25) is 10.0 Å². The van der Waals surface area contributed by atoms with E-state index in [4.69, 9.17) is 23.2 Å². The molecule has 4 nitrogen and oxygen atoms in total. The second kappa shape index (κ2) is 8.11. The van der Waals surface area contributed by atoms with Gasteiger partial charge in [-0.3, -0.25) is 0 Å². The molecule has 0 aliphatic rings. The summed E-state index contributed by atoms with van der Waals surface area (Å²) in [4.78, 5) is 0. The van der Waals surface area contributed by atoms with Crippen molar-refractivity contribution in [2.24, 2.45) is 0 Å². The van der Waals surface area contributed by atoms with E-state index < -0.39 is 16.6 Å². The molecule has 0 aliphatic carbocycles. The zero-order chi connectivity index (χ0) is 17.7. The second-order valence-electron chi connectivity index (χ2n) is 4.85. The summed E-state index contributed by atoms with van der Waals surface area (Å²) < 4.78 is 54.9. The fraction of sp³-hybridized carbons (Fsp3) is 0.200. The van der Waals surface area contributed by atoms with Crippen molar-refractivity contribution in [3.8, 4) is 5.75 Å². The van der Waals surface area contributed by atoms with Crippen LogP contribution >= 0.6 is 23.2 Å². The minimum absolute atomic E-state index is 0.00686. The summed E-state index contributed by atoms with van der Waals surface area (Å²) in [6.45, 7) is -2.88. The van der Waals surface area contributed by atoms with E-state index in [1.54, 1.807) is 6.07 Å². The Bertz CT molecular complexity index is 799. The summed E-state index contributed by atoms with van der Waals surface area (Å²) in [6, 6.07) is 10.3. The Morgan fingerprint density at radius 1 is 1.00 bits per heavy atom. The molecule has 0 aromatic heterocycles. The molecule has 0 heterocycles. The van der Waals surface area contributed by atoms with Gasteiger partial charge in [0.1, 0.15) is 5.75 Å². The van der Waals surface area contributed by atoms with Crippen LogP contribution in [0.5, 0.6) is 5.75 Å². The lowest BCUT2D eigenvalue weighted by Gasteiger charge is -2.09. The third-order valence-corrected chi connectivity index (χ3v) is 5.02. The van der Waals surface area contributed by atoms with Gasteiger partial charge in [0.15, 0.2) is 0 Å². The van der Waals surface area contributed by atoms with Crippen LogP contribution in [0.25, 0.3) is 0 Å². The van der Waals surface area contributed by atoms with E-state index in [1.807, 2.05) is 0 Å². The van der Waals surface area contributed by atoms with Gasteiger partial charge in [-0.2, -0.15) is 8.78 Å². The van der Waals surface area contributed by atoms with E-state index in [2.05, 4.69) is 9.46 Å². The van der Waals surface area contributed by atoms with Crippen LogP contribution in [0.1, 0.15) is 11.1 Å². The van der Waals surface area contributed by atoms with Gasteiger partial charge in [-0.05, 0) is 35.4 Å². The van der Waals surface area contributed by atoms with Gasteiger partial charge in [0.25, 0.3) is 0 Å². The Morgan fingerprint density at radius 3 is 2.21 bits per heavy atom. The number of benzene rings is 2. The zero-order valence-corrected chi connectivity index (χ0v) is 14.5. The van der Waals surface area contributed by atoms with Gasteiger partial charge in [-0.1, -0.05) is 41.4 Å². The minimum Gasteiger partial charge on any atom is -0.435 e. The van der Waals surface area contributed by atoms with Crippen molar-refractivity contribution in [3.63, 3.8) is 0 Å². The lowest BCUT2D eigenvalue weighted by Crippen LogP contribution is -2.24. The summed E-state index contributed by atoms with van der Waals surface area (Å²) in [5.41, 5.74) is 1.10. The van der Waals surface area contributed by atoms with Crippen molar-refractivity contribution in [1.29, 1.82) is 0 Å². The third kappa shape index (κ3) is 5.90. The van der Waals surface area contributed by atoms with Crippen molar-refractivity contribution < 1.29 is 21.9 Å². The first-order chi connectivity index (χ1) is 11.2. The van der Waals surface area contributed by atoms with E-state index in [0.29, 0.717) is 16.1 Å². The van der Waals surface area contributed by atoms with Gasteiger partial charge in [0.05, 0.1) is 15.8 Å². The molecule has 0 unspecified atom stereocenters. The average molecular weight is 396 g/mol. The molecule has 2 rings (SSSR count). The number of halogens is 4. The first-order valence-corrected chi connectivity index (χ1v) is 9.11. The molecule has 0 atom stereocenters. The van der Waals surface area contributed by atoms with E-state index in [9.17, 15) is 17.2 Å². The highest BCUT2D eigenvalue weighted by Gasteiger charge is 2.13. The highest BCUT2D eigenvalue weighted by Crippen LogP contribution is 2.23. The van der Waals surface area contributed by atoms with Crippen LogP contribution in [-0.4, -0.2) is 15.0 Å². The number of sulfonamides is 1. The Morgan fingerprint density at radius 2 is 1.62 bits per heavy atom. The van der Waals surface area contributed by atoms with Crippen molar-refractivity contribution >= 4 is 33.2 Å². The maximum Gasteiger partial charge on any atom is 0.387 e. The number of hydrogen-bond donors (Lipinski definition) is 1. The molecule has 1 N–H and O–H groups in total. The van der Waals surface area contributed by atoms with Crippen LogP contribution in [0.3, 0.4) is 0 Å². The van der Waals surface area contributed by atoms with Crippen molar-refractivity contribution in [3.05, 3.63) is 63.6 Å². The molecule has 2 aromatic rings. The Hall–Kier alpha value is -1.41. The number of alkyl halides is 2. The highest BCUT2D eigenvalue weighted by atomic mass is 35.5. The van der Waals surface area contributed by atoms with Gasteiger partial charge >= 0.3 is 6.61 Å². The molecule has 0 spiro atoms. The van der Waals surface area contributed by atoms with Crippen LogP contribution in [0.4, 0.5) is 8.78 Å². The number of ether oxygens (including phenoxy) is 1. The third-order valence-electron chi connectivity index (χ3n) is 2.99. The smallest absolute Gasteiger partial charge is 0.387 e. The molecular formula is C15H13Cl2F2NO3S. The normalized spacial score (nSPS) is 11.7. The molecule has 130 valence electrons. The summed E-state index contributed by atoms with van der Waals surface area (Å²) in [5, 5.41) is 0.621. The molecule has 0 aliphatic heterocycles. The van der Waals surface area contributed by atoms with Gasteiger partial charge in [0.2, 0.25) is 10.0 Å². The van der Waals surface area contributed by atoms with Gasteiger partial charge in [0, 0.05) is 6.54 Å². The predicted molar refractivity (Wildman–Crippen MR) is 89.0 cm³/mol. The standard InChI is InChI=1S/C15H13Cl2F2NO3S/c16-13-6-3-11(7-14(13)17)9-24(21,22)20-8-10-1-4-12(5-2-10)23-15(18)19/h1-7,15,20H,8-9H2. The highest BCUT2D eigenvalue weighted by molar-refractivity contribution is 7.88. The molecule has 2 aromatic carbocycles. The molecule has 9 heteroatoms. The van der Waals surface area contributed by atoms with E-state index in [1.165, 1.54) is 36.4 Å². The monoisotopic (exact) mass is 395 g/mol. The van der Waals surface area contributed by atoms with E-state index in [-0.39, 0.29) is 23.1 Å². The molecule has 0 saturated carbocycles. The van der Waals surface area contributed by atoms with Crippen molar-refractivity contribution in [1.82, 2.24) is 4.72 Å². The fourth-order valence-corrected chi connectivity index (χ4v) is 3.31. The van der Waals surface area contributed by atoms with Gasteiger partial charge in [-0.25, -0.2) is 13.1 Å². The minimum atomic E-state index is -3.59. The zero-order valence-electron chi connectivity index (χ0n) is 12.2. The van der Waals surface area contributed by atoms with Crippen molar-refractivity contribution in [2.75, 3.05) is 0 Å². The van der Waals surface area contributed by atoms with E-state index in [0.717, 1.165) is 0 Å². The Labute approximate surface area is 148 Å². The number of hydrogen-bond acceptors (Lipinski definition) is 3.